The molecule has 8 nitrogen and oxygen atoms in total. The molecule has 178 valence electrons. The Bertz CT molecular complexity index is 1320. The van der Waals surface area contributed by atoms with E-state index in [-0.39, 0.29) is 17.9 Å². The van der Waals surface area contributed by atoms with Crippen molar-refractivity contribution in [2.24, 2.45) is 5.92 Å². The second-order valence-electron chi connectivity index (χ2n) is 9.17. The molecule has 0 spiro atoms. The van der Waals surface area contributed by atoms with Gasteiger partial charge in [0.15, 0.2) is 0 Å². The lowest BCUT2D eigenvalue weighted by molar-refractivity contribution is -0.128. The summed E-state index contributed by atoms with van der Waals surface area (Å²) in [5, 5.41) is 7.66. The van der Waals surface area contributed by atoms with Crippen molar-refractivity contribution >= 4 is 11.9 Å². The molecule has 1 amide bonds. The van der Waals surface area contributed by atoms with Crippen LogP contribution in [0.2, 0.25) is 0 Å². The molecular formula is C27H28N6O2. The number of likely N-dealkylation sites (tertiary alicyclic amines) is 1. The van der Waals surface area contributed by atoms with E-state index in [9.17, 15) is 4.79 Å². The third-order valence-electron chi connectivity index (χ3n) is 6.34. The van der Waals surface area contributed by atoms with Crippen LogP contribution in [0.1, 0.15) is 43.6 Å². The van der Waals surface area contributed by atoms with Gasteiger partial charge in [-0.25, -0.2) is 15.0 Å². The van der Waals surface area contributed by atoms with Crippen LogP contribution < -0.4 is 5.32 Å². The number of carbonyl (C=O) groups is 1. The number of aromatic nitrogens is 4. The molecule has 2 atom stereocenters. The van der Waals surface area contributed by atoms with Crippen molar-refractivity contribution in [3.05, 3.63) is 78.2 Å². The lowest BCUT2D eigenvalue weighted by Gasteiger charge is -2.23. The molecule has 0 unspecified atom stereocenters. The predicted octanol–water partition coefficient (Wildman–Crippen LogP) is 4.95. The number of nitrogens with zero attached hydrogens (tertiary/aromatic N) is 5. The van der Waals surface area contributed by atoms with Gasteiger partial charge in [0, 0.05) is 25.9 Å². The summed E-state index contributed by atoms with van der Waals surface area (Å²) in [6.07, 6.45) is 2.46. The second kappa shape index (κ2) is 9.66. The van der Waals surface area contributed by atoms with Crippen LogP contribution in [0.15, 0.2) is 71.4 Å². The zero-order chi connectivity index (χ0) is 24.4. The fourth-order valence-corrected chi connectivity index (χ4v) is 4.39. The predicted molar refractivity (Wildman–Crippen MR) is 133 cm³/mol. The number of nitrogens with one attached hydrogen (secondary N) is 1. The van der Waals surface area contributed by atoms with Crippen LogP contribution in [0.3, 0.4) is 0 Å². The van der Waals surface area contributed by atoms with Gasteiger partial charge in [-0.1, -0.05) is 55.4 Å². The smallest absolute Gasteiger partial charge is 0.233 e. The van der Waals surface area contributed by atoms with Gasteiger partial charge in [-0.3, -0.25) is 4.79 Å². The number of hydrogen-bond donors (Lipinski definition) is 1. The SMILES string of the molecule is CC(C)[C@@H](Nc1nccc(-c2cccc(-c3cc([C@@H]4CCN(C)C4=O)on3)n2)n1)c1ccccc1. The normalized spacial score (nSPS) is 16.6. The van der Waals surface area contributed by atoms with Crippen LogP contribution in [0.25, 0.3) is 22.8 Å². The van der Waals surface area contributed by atoms with Crippen molar-refractivity contribution in [1.82, 2.24) is 25.0 Å². The lowest BCUT2D eigenvalue weighted by atomic mass is 9.96. The molecule has 5 rings (SSSR count). The van der Waals surface area contributed by atoms with E-state index in [2.05, 4.69) is 41.4 Å². The molecule has 8 heteroatoms. The van der Waals surface area contributed by atoms with E-state index in [1.54, 1.807) is 18.1 Å². The third kappa shape index (κ3) is 4.77. The number of benzene rings is 1. The first kappa shape index (κ1) is 22.7. The van der Waals surface area contributed by atoms with Gasteiger partial charge in [-0.15, -0.1) is 0 Å². The zero-order valence-corrected chi connectivity index (χ0v) is 20.0. The Hall–Kier alpha value is -4.07. The van der Waals surface area contributed by atoms with Crippen LogP contribution in [-0.4, -0.2) is 44.5 Å². The van der Waals surface area contributed by atoms with Gasteiger partial charge in [0.2, 0.25) is 11.9 Å². The number of anilines is 1. The summed E-state index contributed by atoms with van der Waals surface area (Å²) in [6.45, 7) is 5.06. The van der Waals surface area contributed by atoms with Crippen molar-refractivity contribution in [3.63, 3.8) is 0 Å². The fourth-order valence-electron chi connectivity index (χ4n) is 4.39. The van der Waals surface area contributed by atoms with Gasteiger partial charge >= 0.3 is 0 Å². The summed E-state index contributed by atoms with van der Waals surface area (Å²) in [4.78, 5) is 28.0. The first-order chi connectivity index (χ1) is 17.0. The largest absolute Gasteiger partial charge is 0.360 e. The monoisotopic (exact) mass is 468 g/mol. The summed E-state index contributed by atoms with van der Waals surface area (Å²) in [6, 6.07) is 19.7. The summed E-state index contributed by atoms with van der Waals surface area (Å²) in [5.74, 6) is 1.25. The Labute approximate surface area is 204 Å². The van der Waals surface area contributed by atoms with E-state index in [4.69, 9.17) is 14.5 Å². The number of pyridine rings is 1. The average molecular weight is 469 g/mol. The zero-order valence-electron chi connectivity index (χ0n) is 20.0. The van der Waals surface area contributed by atoms with Gasteiger partial charge < -0.3 is 14.7 Å². The Morgan fingerprint density at radius 2 is 1.71 bits per heavy atom. The Balaban J connectivity index is 1.38. The molecule has 1 N–H and O–H groups in total. The molecule has 1 aliphatic rings. The molecule has 4 aromatic rings. The molecule has 1 saturated heterocycles. The number of carbonyl (C=O) groups excluding carboxylic acids is 1. The molecule has 0 aliphatic carbocycles. The van der Waals surface area contributed by atoms with Crippen molar-refractivity contribution in [1.29, 1.82) is 0 Å². The van der Waals surface area contributed by atoms with Crippen molar-refractivity contribution in [3.8, 4) is 22.8 Å². The van der Waals surface area contributed by atoms with E-state index >= 15 is 0 Å². The highest BCUT2D eigenvalue weighted by atomic mass is 16.5. The van der Waals surface area contributed by atoms with Gasteiger partial charge in [-0.2, -0.15) is 0 Å². The molecule has 1 aromatic carbocycles. The van der Waals surface area contributed by atoms with Crippen LogP contribution in [0.4, 0.5) is 5.95 Å². The molecular weight excluding hydrogens is 440 g/mol. The quantitative estimate of drug-likeness (QED) is 0.410. The van der Waals surface area contributed by atoms with Crippen LogP contribution in [0.5, 0.6) is 0 Å². The van der Waals surface area contributed by atoms with E-state index < -0.39 is 0 Å². The van der Waals surface area contributed by atoms with Crippen molar-refractivity contribution < 1.29 is 9.32 Å². The first-order valence-corrected chi connectivity index (χ1v) is 11.8. The van der Waals surface area contributed by atoms with Gasteiger partial charge in [0.25, 0.3) is 0 Å². The standard InChI is InChI=1S/C27H28N6O2/c1-17(2)25(18-8-5-4-6-9-18)31-27-28-14-12-22(30-27)20-10-7-11-21(29-20)23-16-24(35-32-23)19-13-15-33(3)26(19)34/h4-12,14,16-17,19,25H,13,15H2,1-3H3,(H,28,30,31)/t19-,25+/m0/s1. The summed E-state index contributed by atoms with van der Waals surface area (Å²) in [7, 11) is 1.80. The Morgan fingerprint density at radius 1 is 0.971 bits per heavy atom. The minimum atomic E-state index is -0.279. The summed E-state index contributed by atoms with van der Waals surface area (Å²) in [5.41, 5.74) is 3.85. The molecule has 1 aliphatic heterocycles. The fraction of sp³-hybridized carbons (Fsp3) is 0.296. The molecule has 35 heavy (non-hydrogen) atoms. The van der Waals surface area contributed by atoms with E-state index in [1.807, 2.05) is 48.5 Å². The topological polar surface area (TPSA) is 97.0 Å². The van der Waals surface area contributed by atoms with E-state index in [0.717, 1.165) is 13.0 Å². The van der Waals surface area contributed by atoms with Crippen LogP contribution in [0, 0.1) is 5.92 Å². The molecule has 3 aromatic heterocycles. The summed E-state index contributed by atoms with van der Waals surface area (Å²) >= 11 is 0. The van der Waals surface area contributed by atoms with Gasteiger partial charge in [-0.05, 0) is 36.1 Å². The summed E-state index contributed by atoms with van der Waals surface area (Å²) < 4.78 is 5.52. The van der Waals surface area contributed by atoms with Crippen LogP contribution in [-0.2, 0) is 4.79 Å². The molecule has 4 heterocycles. The maximum Gasteiger partial charge on any atom is 0.233 e. The number of hydrogen-bond acceptors (Lipinski definition) is 7. The lowest BCUT2D eigenvalue weighted by Crippen LogP contribution is -2.21. The molecule has 0 bridgehead atoms. The van der Waals surface area contributed by atoms with Crippen LogP contribution >= 0.6 is 0 Å². The van der Waals surface area contributed by atoms with E-state index in [0.29, 0.717) is 40.4 Å². The molecule has 1 fully saturated rings. The minimum absolute atomic E-state index is 0.0608. The number of rotatable bonds is 7. The molecule has 0 saturated carbocycles. The Morgan fingerprint density at radius 3 is 2.43 bits per heavy atom. The van der Waals surface area contributed by atoms with Crippen molar-refractivity contribution in [2.75, 3.05) is 18.9 Å². The highest BCUT2D eigenvalue weighted by Crippen LogP contribution is 2.31. The highest BCUT2D eigenvalue weighted by molar-refractivity contribution is 5.85. The first-order valence-electron chi connectivity index (χ1n) is 11.8. The minimum Gasteiger partial charge on any atom is -0.360 e. The third-order valence-corrected chi connectivity index (χ3v) is 6.34. The van der Waals surface area contributed by atoms with Gasteiger partial charge in [0.1, 0.15) is 17.4 Å². The number of amides is 1. The van der Waals surface area contributed by atoms with Crippen molar-refractivity contribution in [2.45, 2.75) is 32.2 Å². The number of likely N-dealkylation sites (N-methyl/N-ethyl adjacent to an activating group) is 1. The average Bonchev–Trinajstić information content (AvgIpc) is 3.50. The van der Waals surface area contributed by atoms with E-state index in [1.165, 1.54) is 5.56 Å². The maximum absolute atomic E-state index is 12.3. The second-order valence-corrected chi connectivity index (χ2v) is 9.17. The highest BCUT2D eigenvalue weighted by Gasteiger charge is 2.33. The molecule has 0 radical (unpaired) electrons. The maximum atomic E-state index is 12.3. The van der Waals surface area contributed by atoms with Gasteiger partial charge in [0.05, 0.1) is 23.1 Å². The Kier molecular flexibility index (Phi) is 6.27.